The molecule has 3 amide bonds. The molecule has 3 N–H and O–H groups in total. The third-order valence-electron chi connectivity index (χ3n) is 6.74. The van der Waals surface area contributed by atoms with Crippen molar-refractivity contribution in [1.29, 1.82) is 0 Å². The van der Waals surface area contributed by atoms with Crippen molar-refractivity contribution < 1.29 is 24.2 Å². The molecule has 0 bridgehead atoms. The predicted octanol–water partition coefficient (Wildman–Crippen LogP) is 5.57. The van der Waals surface area contributed by atoms with Gasteiger partial charge in [0, 0.05) is 11.7 Å². The first-order chi connectivity index (χ1) is 18.3. The number of phenolic OH excluding ortho intramolecular Hbond substituents is 1. The number of carbonyl (C=O) groups is 3. The maximum Gasteiger partial charge on any atom is 0.408 e. The molecule has 2 aromatic rings. The van der Waals surface area contributed by atoms with Crippen LogP contribution in [0.4, 0.5) is 10.5 Å². The summed E-state index contributed by atoms with van der Waals surface area (Å²) in [5, 5.41) is 16.0. The number of aromatic hydroxyl groups is 1. The van der Waals surface area contributed by atoms with E-state index in [1.54, 1.807) is 62.6 Å². The fourth-order valence-electron chi connectivity index (χ4n) is 4.50. The minimum absolute atomic E-state index is 0.110. The van der Waals surface area contributed by atoms with Crippen LogP contribution in [0.1, 0.15) is 63.3 Å². The zero-order valence-corrected chi connectivity index (χ0v) is 24.7. The van der Waals surface area contributed by atoms with Crippen LogP contribution in [-0.2, 0) is 14.3 Å². The highest BCUT2D eigenvalue weighted by Gasteiger charge is 2.48. The molecule has 1 fully saturated rings. The van der Waals surface area contributed by atoms with Gasteiger partial charge in [-0.25, -0.2) is 4.79 Å². The number of nitrogens with zero attached hydrogens (tertiary/aromatic N) is 1. The number of benzene rings is 2. The number of hydrogen-bond acceptors (Lipinski definition) is 6. The van der Waals surface area contributed by atoms with E-state index in [1.807, 2.05) is 44.4 Å². The Morgan fingerprint density at radius 2 is 1.79 bits per heavy atom. The predicted molar refractivity (Wildman–Crippen MR) is 156 cm³/mol. The molecule has 1 aliphatic rings. The molecule has 0 aromatic heterocycles. The second kappa shape index (κ2) is 12.8. The Morgan fingerprint density at radius 1 is 1.13 bits per heavy atom. The molecule has 0 heterocycles. The summed E-state index contributed by atoms with van der Waals surface area (Å²) in [5.74, 6) is 0.253. The minimum atomic E-state index is -0.969. The third kappa shape index (κ3) is 8.14. The van der Waals surface area contributed by atoms with Crippen LogP contribution in [0.5, 0.6) is 5.75 Å². The summed E-state index contributed by atoms with van der Waals surface area (Å²) in [6, 6.07) is 10.4. The molecule has 1 saturated carbocycles. The lowest BCUT2D eigenvalue weighted by atomic mass is 9.99. The summed E-state index contributed by atoms with van der Waals surface area (Å²) < 4.78 is 5.45. The van der Waals surface area contributed by atoms with Crippen molar-refractivity contribution in [2.75, 3.05) is 17.3 Å². The molecule has 9 heteroatoms. The molecule has 0 spiro atoms. The average molecular weight is 556 g/mol. The van der Waals surface area contributed by atoms with Crippen molar-refractivity contribution >= 4 is 35.4 Å². The fourth-order valence-corrected chi connectivity index (χ4v) is 4.97. The topological polar surface area (TPSA) is 108 Å². The van der Waals surface area contributed by atoms with Gasteiger partial charge in [-0.3, -0.25) is 9.59 Å². The van der Waals surface area contributed by atoms with Gasteiger partial charge >= 0.3 is 6.09 Å². The molecular weight excluding hydrogens is 514 g/mol. The molecule has 8 nitrogen and oxygen atoms in total. The molecule has 39 heavy (non-hydrogen) atoms. The van der Waals surface area contributed by atoms with Crippen LogP contribution in [0, 0.1) is 19.8 Å². The van der Waals surface area contributed by atoms with Crippen molar-refractivity contribution in [2.45, 2.75) is 78.1 Å². The van der Waals surface area contributed by atoms with E-state index in [2.05, 4.69) is 10.6 Å². The van der Waals surface area contributed by atoms with Crippen LogP contribution in [-0.4, -0.2) is 57.6 Å². The van der Waals surface area contributed by atoms with E-state index < -0.39 is 23.8 Å². The number of thioether (sulfide) groups is 1. The van der Waals surface area contributed by atoms with E-state index in [1.165, 1.54) is 0 Å². The van der Waals surface area contributed by atoms with E-state index in [0.29, 0.717) is 29.0 Å². The van der Waals surface area contributed by atoms with Crippen LogP contribution in [0.15, 0.2) is 42.5 Å². The lowest BCUT2D eigenvalue weighted by Crippen LogP contribution is -2.53. The van der Waals surface area contributed by atoms with Gasteiger partial charge in [-0.1, -0.05) is 31.2 Å². The first-order valence-electron chi connectivity index (χ1n) is 13.3. The van der Waals surface area contributed by atoms with Crippen LogP contribution < -0.4 is 10.6 Å². The summed E-state index contributed by atoms with van der Waals surface area (Å²) in [5.41, 5.74) is 2.02. The Kier molecular flexibility index (Phi) is 9.93. The van der Waals surface area contributed by atoms with Gasteiger partial charge < -0.3 is 25.4 Å². The van der Waals surface area contributed by atoms with Gasteiger partial charge in [0.05, 0.1) is 0 Å². The molecule has 3 rings (SSSR count). The zero-order chi connectivity index (χ0) is 28.9. The van der Waals surface area contributed by atoms with Crippen LogP contribution >= 0.6 is 11.8 Å². The van der Waals surface area contributed by atoms with E-state index in [-0.39, 0.29) is 29.5 Å². The summed E-state index contributed by atoms with van der Waals surface area (Å²) in [7, 11) is 0. The second-order valence-electron chi connectivity index (χ2n) is 11.3. The number of anilines is 1. The van der Waals surface area contributed by atoms with Crippen molar-refractivity contribution in [3.8, 4) is 5.75 Å². The van der Waals surface area contributed by atoms with Crippen LogP contribution in [0.25, 0.3) is 0 Å². The highest BCUT2D eigenvalue weighted by atomic mass is 32.2. The van der Waals surface area contributed by atoms with Crippen molar-refractivity contribution in [2.24, 2.45) is 5.92 Å². The van der Waals surface area contributed by atoms with Crippen LogP contribution in [0.2, 0.25) is 0 Å². The number of alkyl carbamates (subject to hydrolysis) is 1. The van der Waals surface area contributed by atoms with Gasteiger partial charge in [0.2, 0.25) is 5.91 Å². The molecule has 0 saturated heterocycles. The lowest BCUT2D eigenvalue weighted by Gasteiger charge is -2.35. The molecule has 1 aliphatic carbocycles. The smallest absolute Gasteiger partial charge is 0.408 e. The number of hydrogen-bond donors (Lipinski definition) is 3. The Balaban J connectivity index is 2.04. The first kappa shape index (κ1) is 30.3. The number of para-hydroxylation sites is 1. The molecule has 4 unspecified atom stereocenters. The van der Waals surface area contributed by atoms with Gasteiger partial charge in [0.15, 0.2) is 0 Å². The number of nitrogens with one attached hydrogen (secondary N) is 2. The molecular formula is C30H41N3O5S. The zero-order valence-electron chi connectivity index (χ0n) is 23.9. The standard InChI is InChI=1S/C30H41N3O5S/c1-18-10-8-9-11-22(18)31-27(35)26(21-12-13-25(34)20(3)16-21)33(24-17-19(24)2)28(36)23(14-15-39-7)32-29(37)38-30(4,5)6/h8-13,16,19,23-24,26,34H,14-15,17H2,1-7H3,(H,31,35)(H,32,37). The third-order valence-corrected chi connectivity index (χ3v) is 7.39. The average Bonchev–Trinajstić information content (AvgIpc) is 3.57. The normalized spacial score (nSPS) is 18.0. The van der Waals surface area contributed by atoms with E-state index >= 15 is 0 Å². The van der Waals surface area contributed by atoms with Gasteiger partial charge in [0.25, 0.3) is 5.91 Å². The highest BCUT2D eigenvalue weighted by Crippen LogP contribution is 2.41. The Morgan fingerprint density at radius 3 is 2.36 bits per heavy atom. The summed E-state index contributed by atoms with van der Waals surface area (Å²) >= 11 is 1.57. The van der Waals surface area contributed by atoms with E-state index in [9.17, 15) is 19.5 Å². The quantitative estimate of drug-likeness (QED) is 0.354. The molecule has 212 valence electrons. The Hall–Kier alpha value is -3.20. The van der Waals surface area contributed by atoms with Gasteiger partial charge in [-0.15, -0.1) is 0 Å². The van der Waals surface area contributed by atoms with E-state index in [4.69, 9.17) is 4.74 Å². The van der Waals surface area contributed by atoms with Crippen LogP contribution in [0.3, 0.4) is 0 Å². The number of rotatable bonds is 10. The Labute approximate surface area is 235 Å². The monoisotopic (exact) mass is 555 g/mol. The SMILES string of the molecule is CSCCC(NC(=O)OC(C)(C)C)C(=O)N(C(C(=O)Nc1ccccc1C)c1ccc(O)c(C)c1)C1CC1C. The first-order valence-corrected chi connectivity index (χ1v) is 14.7. The molecule has 0 aliphatic heterocycles. The number of phenols is 1. The van der Waals surface area contributed by atoms with Gasteiger partial charge in [-0.05, 0) is 100 Å². The molecule has 4 atom stereocenters. The molecule has 0 radical (unpaired) electrons. The fraction of sp³-hybridized carbons (Fsp3) is 0.500. The number of carbonyl (C=O) groups excluding carboxylic acids is 3. The van der Waals surface area contributed by atoms with Gasteiger partial charge in [0.1, 0.15) is 23.4 Å². The second-order valence-corrected chi connectivity index (χ2v) is 12.2. The van der Waals surface area contributed by atoms with E-state index in [0.717, 1.165) is 12.0 Å². The maximum atomic E-state index is 14.3. The largest absolute Gasteiger partial charge is 0.508 e. The molecule has 2 aromatic carbocycles. The summed E-state index contributed by atoms with van der Waals surface area (Å²) in [6.45, 7) is 11.0. The summed E-state index contributed by atoms with van der Waals surface area (Å²) in [4.78, 5) is 42.7. The maximum absolute atomic E-state index is 14.3. The Bertz CT molecular complexity index is 1200. The number of amides is 3. The van der Waals surface area contributed by atoms with Crippen molar-refractivity contribution in [3.05, 3.63) is 59.2 Å². The summed E-state index contributed by atoms with van der Waals surface area (Å²) in [6.07, 6.45) is 2.40. The van der Waals surface area contributed by atoms with Crippen molar-refractivity contribution in [3.63, 3.8) is 0 Å². The number of ether oxygens (including phenoxy) is 1. The van der Waals surface area contributed by atoms with Gasteiger partial charge in [-0.2, -0.15) is 11.8 Å². The number of aryl methyl sites for hydroxylation is 2. The lowest BCUT2D eigenvalue weighted by molar-refractivity contribution is -0.141. The minimum Gasteiger partial charge on any atom is -0.508 e. The van der Waals surface area contributed by atoms with Crippen molar-refractivity contribution in [1.82, 2.24) is 10.2 Å². The highest BCUT2D eigenvalue weighted by molar-refractivity contribution is 7.98.